The number of benzene rings is 2. The smallest absolute Gasteiger partial charge is 0.257 e. The molecule has 0 bridgehead atoms. The van der Waals surface area contributed by atoms with E-state index in [1.165, 1.54) is 29.2 Å². The molecule has 1 aliphatic heterocycles. The van der Waals surface area contributed by atoms with Crippen LogP contribution in [0.4, 0.5) is 5.13 Å². The normalized spacial score (nSPS) is 15.0. The molecule has 1 fully saturated rings. The van der Waals surface area contributed by atoms with Crippen LogP contribution in [0.1, 0.15) is 45.2 Å². The summed E-state index contributed by atoms with van der Waals surface area (Å²) in [6.45, 7) is 9.67. The van der Waals surface area contributed by atoms with Crippen molar-refractivity contribution in [2.24, 2.45) is 0 Å². The van der Waals surface area contributed by atoms with E-state index < -0.39 is 0 Å². The zero-order chi connectivity index (χ0) is 30.4. The Morgan fingerprint density at radius 1 is 1.24 bits per heavy atom. The maximum Gasteiger partial charge on any atom is 0.257 e. The lowest BCUT2D eigenvalue weighted by molar-refractivity contribution is -0.130. The molecule has 42 heavy (non-hydrogen) atoms. The monoisotopic (exact) mass is 607 g/mol. The van der Waals surface area contributed by atoms with Gasteiger partial charge in [0.25, 0.3) is 11.8 Å². The van der Waals surface area contributed by atoms with Gasteiger partial charge in [-0.1, -0.05) is 48.7 Å². The number of piperazine rings is 1. The number of carbonyl (C=O) groups is 3. The third-order valence-electron chi connectivity index (χ3n) is 7.03. The van der Waals surface area contributed by atoms with Crippen molar-refractivity contribution in [1.29, 1.82) is 0 Å². The number of thiazole rings is 1. The number of nitrogens with zero attached hydrogens (tertiary/aromatic N) is 4. The number of amides is 3. The van der Waals surface area contributed by atoms with Crippen molar-refractivity contribution in [3.8, 4) is 5.75 Å². The average Bonchev–Trinajstić information content (AvgIpc) is 3.43. The van der Waals surface area contributed by atoms with Gasteiger partial charge in [-0.3, -0.25) is 19.7 Å². The fraction of sp³-hybridized carbons (Fsp3) is 0.355. The quantitative estimate of drug-likeness (QED) is 0.318. The largest absolute Gasteiger partial charge is 0.496 e. The Kier molecular flexibility index (Phi) is 10.4. The fourth-order valence-electron chi connectivity index (χ4n) is 4.89. The molecular formula is C31H37N5O4S2. The molecule has 1 aliphatic rings. The molecule has 1 aromatic heterocycles. The molecule has 11 heteroatoms. The summed E-state index contributed by atoms with van der Waals surface area (Å²) in [6.07, 6.45) is 3.79. The number of aromatic nitrogens is 1. The van der Waals surface area contributed by atoms with E-state index >= 15 is 0 Å². The van der Waals surface area contributed by atoms with Crippen molar-refractivity contribution < 1.29 is 19.1 Å². The first-order valence-corrected chi connectivity index (χ1v) is 15.4. The maximum absolute atomic E-state index is 13.7. The Labute approximate surface area is 255 Å². The minimum atomic E-state index is -0.213. The van der Waals surface area contributed by atoms with Crippen LogP contribution in [0.3, 0.4) is 0 Å². The van der Waals surface area contributed by atoms with Crippen molar-refractivity contribution in [2.75, 3.05) is 46.2 Å². The van der Waals surface area contributed by atoms with E-state index in [9.17, 15) is 14.4 Å². The summed E-state index contributed by atoms with van der Waals surface area (Å²) in [5, 5.41) is 3.40. The molecule has 9 nitrogen and oxygen atoms in total. The van der Waals surface area contributed by atoms with Gasteiger partial charge in [0, 0.05) is 42.7 Å². The highest BCUT2D eigenvalue weighted by atomic mass is 32.2. The van der Waals surface area contributed by atoms with Crippen LogP contribution in [0.5, 0.6) is 5.75 Å². The van der Waals surface area contributed by atoms with E-state index in [1.54, 1.807) is 29.2 Å². The van der Waals surface area contributed by atoms with Gasteiger partial charge in [0.05, 0.1) is 23.1 Å². The molecule has 222 valence electrons. The predicted octanol–water partition coefficient (Wildman–Crippen LogP) is 5.17. The van der Waals surface area contributed by atoms with Gasteiger partial charge in [-0.25, -0.2) is 4.98 Å². The third kappa shape index (κ3) is 7.39. The molecule has 1 saturated heterocycles. The van der Waals surface area contributed by atoms with Crippen molar-refractivity contribution in [2.45, 2.75) is 42.0 Å². The molecular weight excluding hydrogens is 571 g/mol. The zero-order valence-electron chi connectivity index (χ0n) is 24.7. The van der Waals surface area contributed by atoms with Gasteiger partial charge in [-0.05, 0) is 68.9 Å². The molecule has 3 amide bonds. The van der Waals surface area contributed by atoms with Gasteiger partial charge in [0.1, 0.15) is 5.75 Å². The summed E-state index contributed by atoms with van der Waals surface area (Å²) in [5.41, 5.74) is 3.06. The van der Waals surface area contributed by atoms with E-state index in [-0.39, 0.29) is 23.8 Å². The average molecular weight is 608 g/mol. The number of hydrogen-bond acceptors (Lipinski definition) is 8. The second kappa shape index (κ2) is 14.0. The summed E-state index contributed by atoms with van der Waals surface area (Å²) in [6, 6.07) is 11.2. The number of rotatable bonds is 10. The Bertz CT molecular complexity index is 1470. The van der Waals surface area contributed by atoms with Crippen molar-refractivity contribution in [3.63, 3.8) is 0 Å². The molecule has 1 atom stereocenters. The lowest BCUT2D eigenvalue weighted by Gasteiger charge is -2.41. The number of methoxy groups -OCH3 is 1. The molecule has 0 aliphatic carbocycles. The third-order valence-corrected chi connectivity index (χ3v) is 9.20. The van der Waals surface area contributed by atoms with Crippen LogP contribution in [0.15, 0.2) is 64.4 Å². The summed E-state index contributed by atoms with van der Waals surface area (Å²) in [7, 11) is 5.53. The Morgan fingerprint density at radius 3 is 2.71 bits per heavy atom. The lowest BCUT2D eigenvalue weighted by Crippen LogP contribution is -2.56. The predicted molar refractivity (Wildman–Crippen MR) is 168 cm³/mol. The SMILES string of the molecule is C=CC(=O)N1CCN(C(=O)c2cc(Sc3cnc(NC(=O)c4cccc(CN(C)C)c4)s3)c(C)cc2OC)CC1CC. The van der Waals surface area contributed by atoms with Crippen LogP contribution in [-0.2, 0) is 11.3 Å². The van der Waals surface area contributed by atoms with E-state index in [0.29, 0.717) is 41.6 Å². The molecule has 1 N–H and O–H groups in total. The number of nitrogens with one attached hydrogen (secondary N) is 1. The van der Waals surface area contributed by atoms with Gasteiger partial charge < -0.3 is 19.4 Å². The summed E-state index contributed by atoms with van der Waals surface area (Å²) in [5.74, 6) is 0.0497. The first kappa shape index (κ1) is 31.3. The highest BCUT2D eigenvalue weighted by molar-refractivity contribution is 8.01. The molecule has 1 unspecified atom stereocenters. The first-order valence-electron chi connectivity index (χ1n) is 13.7. The highest BCUT2D eigenvalue weighted by Crippen LogP contribution is 2.38. The second-order valence-corrected chi connectivity index (χ2v) is 12.7. The summed E-state index contributed by atoms with van der Waals surface area (Å²) >= 11 is 2.86. The van der Waals surface area contributed by atoms with Gasteiger partial charge in [0.15, 0.2) is 5.13 Å². The van der Waals surface area contributed by atoms with Crippen molar-refractivity contribution >= 4 is 46.0 Å². The number of anilines is 1. The molecule has 0 radical (unpaired) electrons. The standard InChI is InChI=1S/C31H37N5O4S2/c1-7-23-19-35(12-13-36(23)27(37)8-2)30(39)24-16-26(20(3)14-25(24)40-6)41-28-17-32-31(42-28)33-29(38)22-11-9-10-21(15-22)18-34(4)5/h8-11,14-17,23H,2,7,12-13,18-19H2,1,3-6H3,(H,32,33,38). The summed E-state index contributed by atoms with van der Waals surface area (Å²) < 4.78 is 6.47. The maximum atomic E-state index is 13.7. The van der Waals surface area contributed by atoms with Gasteiger partial charge in [-0.15, -0.1) is 0 Å². The van der Waals surface area contributed by atoms with E-state index in [2.05, 4.69) is 21.8 Å². The minimum Gasteiger partial charge on any atom is -0.496 e. The molecule has 0 saturated carbocycles. The van der Waals surface area contributed by atoms with Crippen LogP contribution < -0.4 is 10.1 Å². The Hall–Kier alpha value is -3.67. The number of aryl methyl sites for hydroxylation is 1. The number of carbonyl (C=O) groups excluding carboxylic acids is 3. The Morgan fingerprint density at radius 2 is 2.02 bits per heavy atom. The highest BCUT2D eigenvalue weighted by Gasteiger charge is 2.32. The minimum absolute atomic E-state index is 0.0697. The zero-order valence-corrected chi connectivity index (χ0v) is 26.3. The van der Waals surface area contributed by atoms with Crippen LogP contribution in [0.2, 0.25) is 0 Å². The van der Waals surface area contributed by atoms with Crippen LogP contribution in [0, 0.1) is 6.92 Å². The van der Waals surface area contributed by atoms with Crippen molar-refractivity contribution in [3.05, 3.63) is 77.5 Å². The van der Waals surface area contributed by atoms with Crippen LogP contribution >= 0.6 is 23.1 Å². The Balaban J connectivity index is 1.48. The van der Waals surface area contributed by atoms with Gasteiger partial charge in [0.2, 0.25) is 5.91 Å². The van der Waals surface area contributed by atoms with Crippen molar-refractivity contribution in [1.82, 2.24) is 19.7 Å². The topological polar surface area (TPSA) is 95.1 Å². The molecule has 4 rings (SSSR count). The molecule has 2 heterocycles. The van der Waals surface area contributed by atoms with E-state index in [0.717, 1.165) is 33.2 Å². The lowest BCUT2D eigenvalue weighted by atomic mass is 10.1. The molecule has 3 aromatic rings. The first-order chi connectivity index (χ1) is 20.1. The van der Waals surface area contributed by atoms with E-state index in [1.807, 2.05) is 58.3 Å². The van der Waals surface area contributed by atoms with Gasteiger partial charge in [-0.2, -0.15) is 0 Å². The second-order valence-electron chi connectivity index (χ2n) is 10.3. The van der Waals surface area contributed by atoms with Crippen LogP contribution in [0.25, 0.3) is 0 Å². The van der Waals surface area contributed by atoms with E-state index in [4.69, 9.17) is 4.74 Å². The molecule has 0 spiro atoms. The number of ether oxygens (including phenoxy) is 1. The molecule has 2 aromatic carbocycles. The van der Waals surface area contributed by atoms with Crippen LogP contribution in [-0.4, -0.2) is 84.3 Å². The number of hydrogen-bond donors (Lipinski definition) is 1. The summed E-state index contributed by atoms with van der Waals surface area (Å²) in [4.78, 5) is 49.8. The van der Waals surface area contributed by atoms with Gasteiger partial charge >= 0.3 is 0 Å². The fourth-order valence-corrected chi connectivity index (χ4v) is 6.83.